The van der Waals surface area contributed by atoms with Crippen LogP contribution >= 0.6 is 0 Å². The van der Waals surface area contributed by atoms with Gasteiger partial charge in [0, 0.05) is 36.2 Å². The predicted octanol–water partition coefficient (Wildman–Crippen LogP) is 17.5. The van der Waals surface area contributed by atoms with E-state index in [4.69, 9.17) is 5.73 Å². The Bertz CT molecular complexity index is 2260. The molecule has 73 heavy (non-hydrogen) atoms. The zero-order valence-corrected chi connectivity index (χ0v) is 49.0. The first-order valence-electron chi connectivity index (χ1n) is 29.2. The lowest BCUT2D eigenvalue weighted by atomic mass is 9.70. The smallest absolute Gasteiger partial charge is 0.188 e. The summed E-state index contributed by atoms with van der Waals surface area (Å²) in [5.41, 5.74) is 20.4. The van der Waals surface area contributed by atoms with Crippen molar-refractivity contribution < 1.29 is 9.59 Å². The molecule has 8 rings (SSSR count). The minimum Gasteiger partial charge on any atom is -0.401 e. The van der Waals surface area contributed by atoms with Crippen LogP contribution in [0.25, 0.3) is 0 Å². The molecular weight excluding hydrogens is 891 g/mol. The Hall–Kier alpha value is -4.90. The van der Waals surface area contributed by atoms with Gasteiger partial charge in [0.2, 0.25) is 0 Å². The maximum atomic E-state index is 14.3. The predicted molar refractivity (Wildman–Crippen MR) is 316 cm³/mol. The van der Waals surface area contributed by atoms with Crippen LogP contribution < -0.4 is 11.1 Å². The van der Waals surface area contributed by atoms with Gasteiger partial charge in [-0.25, -0.2) is 0 Å². The molecule has 3 aromatic rings. The highest BCUT2D eigenvalue weighted by molar-refractivity contribution is 6.01. The molecule has 5 heteroatoms. The summed E-state index contributed by atoms with van der Waals surface area (Å²) in [5.74, 6) is 1.95. The second-order valence-electron chi connectivity index (χ2n) is 21.0. The Kier molecular flexibility index (Phi) is 26.6. The molecule has 6 atom stereocenters. The van der Waals surface area contributed by atoms with E-state index in [1.54, 1.807) is 0 Å². The maximum Gasteiger partial charge on any atom is 0.188 e. The fourth-order valence-corrected chi connectivity index (χ4v) is 11.9. The first kappa shape index (κ1) is 62.4. The lowest BCUT2D eigenvalue weighted by Gasteiger charge is -2.37. The molecule has 3 aromatic carbocycles. The van der Waals surface area contributed by atoms with Crippen molar-refractivity contribution in [3.8, 4) is 0 Å². The van der Waals surface area contributed by atoms with Crippen LogP contribution in [0, 0.1) is 54.8 Å². The zero-order chi connectivity index (χ0) is 54.4. The average Bonchev–Trinajstić information content (AvgIpc) is 4.19. The topological polar surface area (TPSA) is 75.4 Å². The molecule has 1 saturated carbocycles. The number of nitrogens with one attached hydrogen (secondary N) is 1. The molecule has 4 aliphatic carbocycles. The van der Waals surface area contributed by atoms with Crippen LogP contribution in [-0.2, 0) is 35.4 Å². The first-order chi connectivity index (χ1) is 35.2. The molecular formula is C68H103N3O2. The number of rotatable bonds is 15. The van der Waals surface area contributed by atoms with Crippen LogP contribution in [0.5, 0.6) is 0 Å². The van der Waals surface area contributed by atoms with Gasteiger partial charge in [-0.3, -0.25) is 9.59 Å². The van der Waals surface area contributed by atoms with Gasteiger partial charge in [-0.2, -0.15) is 0 Å². The SMILES string of the molecule is C=C1C(C)C2=C(C(=O)C1Cc1ccc(C)cc1)N(Cc1ccc(CC)cc1)C(CC1(CCC)CC=CC1)N2.C=C1CC(=O)C(C)C(N)=C1C(Cc1ccc(C)cc1)C(C)CC1CCCC1.CC.CC.CC.CC. The van der Waals surface area contributed by atoms with Crippen LogP contribution in [0.2, 0.25) is 0 Å². The molecule has 0 saturated heterocycles. The number of allylic oxidation sites excluding steroid dienone is 7. The molecule has 0 spiro atoms. The van der Waals surface area contributed by atoms with Crippen molar-refractivity contribution in [3.63, 3.8) is 0 Å². The van der Waals surface area contributed by atoms with E-state index in [1.165, 1.54) is 83.9 Å². The minimum absolute atomic E-state index is 0.120. The molecule has 5 aliphatic rings. The molecule has 1 fully saturated rings. The molecule has 5 nitrogen and oxygen atoms in total. The van der Waals surface area contributed by atoms with Crippen molar-refractivity contribution in [2.45, 2.75) is 206 Å². The number of benzene rings is 3. The number of hydrogen-bond acceptors (Lipinski definition) is 5. The van der Waals surface area contributed by atoms with Gasteiger partial charge < -0.3 is 16.0 Å². The van der Waals surface area contributed by atoms with Crippen LogP contribution in [-0.4, -0.2) is 22.6 Å². The maximum absolute atomic E-state index is 14.3. The quantitative estimate of drug-likeness (QED) is 0.148. The number of ketones is 2. The fourth-order valence-electron chi connectivity index (χ4n) is 11.9. The Labute approximate surface area is 447 Å². The summed E-state index contributed by atoms with van der Waals surface area (Å²) in [7, 11) is 0. The van der Waals surface area contributed by atoms with E-state index in [0.717, 1.165) is 72.8 Å². The lowest BCUT2D eigenvalue weighted by molar-refractivity contribution is -0.121. The van der Waals surface area contributed by atoms with Gasteiger partial charge in [0.15, 0.2) is 5.78 Å². The van der Waals surface area contributed by atoms with Crippen LogP contribution in [0.1, 0.15) is 194 Å². The molecule has 0 radical (unpaired) electrons. The van der Waals surface area contributed by atoms with Gasteiger partial charge in [-0.1, -0.05) is 230 Å². The summed E-state index contributed by atoms with van der Waals surface area (Å²) in [5, 5.41) is 3.89. The van der Waals surface area contributed by atoms with E-state index in [1.807, 2.05) is 62.3 Å². The van der Waals surface area contributed by atoms with Gasteiger partial charge in [0.1, 0.15) is 11.5 Å². The Morgan fingerprint density at radius 1 is 0.740 bits per heavy atom. The number of hydrogen-bond donors (Lipinski definition) is 2. The number of Topliss-reactive ketones (excluding diaryl/α,β-unsaturated/α-hetero) is 2. The molecule has 402 valence electrons. The largest absolute Gasteiger partial charge is 0.401 e. The fraction of sp³-hybridized carbons (Fsp3) is 0.559. The number of carbonyl (C=O) groups is 2. The summed E-state index contributed by atoms with van der Waals surface area (Å²) in [6, 6.07) is 26.4. The molecule has 1 heterocycles. The summed E-state index contributed by atoms with van der Waals surface area (Å²) >= 11 is 0. The second kappa shape index (κ2) is 31.1. The van der Waals surface area contributed by atoms with E-state index in [9.17, 15) is 9.59 Å². The molecule has 1 aliphatic heterocycles. The monoisotopic (exact) mass is 994 g/mol. The van der Waals surface area contributed by atoms with Crippen molar-refractivity contribution in [2.24, 2.45) is 46.7 Å². The van der Waals surface area contributed by atoms with Crippen LogP contribution in [0.4, 0.5) is 0 Å². The van der Waals surface area contributed by atoms with Crippen molar-refractivity contribution in [3.05, 3.63) is 165 Å². The minimum atomic E-state index is -0.185. The summed E-state index contributed by atoms with van der Waals surface area (Å²) in [6.45, 7) is 40.8. The van der Waals surface area contributed by atoms with Crippen molar-refractivity contribution in [2.75, 3.05) is 0 Å². The van der Waals surface area contributed by atoms with E-state index < -0.39 is 0 Å². The van der Waals surface area contributed by atoms with Crippen molar-refractivity contribution in [1.82, 2.24) is 10.2 Å². The first-order valence-corrected chi connectivity index (χ1v) is 29.2. The van der Waals surface area contributed by atoms with E-state index >= 15 is 0 Å². The van der Waals surface area contributed by atoms with Gasteiger partial charge in [-0.05, 0) is 129 Å². The Morgan fingerprint density at radius 3 is 1.79 bits per heavy atom. The Morgan fingerprint density at radius 2 is 1.26 bits per heavy atom. The van der Waals surface area contributed by atoms with Gasteiger partial charge in [0.25, 0.3) is 0 Å². The molecule has 3 N–H and O–H groups in total. The lowest BCUT2D eigenvalue weighted by Crippen LogP contribution is -2.42. The van der Waals surface area contributed by atoms with Gasteiger partial charge >= 0.3 is 0 Å². The van der Waals surface area contributed by atoms with Crippen molar-refractivity contribution >= 4 is 11.6 Å². The standard InChI is InChI=1S/C35H44N2O.C25H35NO.4C2H6/c1-6-18-35(19-8-9-20-35)22-31-36-32-26(5)25(4)30(21-28-12-10-24(3)11-13-28)34(38)33(32)37(31)23-29-16-14-27(7-2)15-17-29;1-16-9-11-21(12-10-16)15-22(17(2)13-20-7-5-6-8-20)24-18(3)14-23(27)19(4)25(24)26;4*1-2/h8-17,26,30-31,36H,4,6-7,18-23H2,1-3,5H3;9-12,17,19-20,22H,3,5-8,13-15,26H2,1-2,4H3;4*1-2H3. The molecule has 0 bridgehead atoms. The third-order valence-electron chi connectivity index (χ3n) is 16.1. The highest BCUT2D eigenvalue weighted by atomic mass is 16.1. The highest BCUT2D eigenvalue weighted by Crippen LogP contribution is 2.48. The summed E-state index contributed by atoms with van der Waals surface area (Å²) in [4.78, 5) is 29.0. The van der Waals surface area contributed by atoms with Crippen LogP contribution in [0.3, 0.4) is 0 Å². The normalized spacial score (nSPS) is 21.7. The third-order valence-corrected chi connectivity index (χ3v) is 16.1. The van der Waals surface area contributed by atoms with E-state index in [0.29, 0.717) is 24.7 Å². The van der Waals surface area contributed by atoms with E-state index in [-0.39, 0.29) is 40.9 Å². The number of carbonyl (C=O) groups excluding carboxylic acids is 2. The molecule has 0 aromatic heterocycles. The number of nitrogens with two attached hydrogens (primary N) is 1. The average molecular weight is 995 g/mol. The summed E-state index contributed by atoms with van der Waals surface area (Å²) < 4.78 is 0. The summed E-state index contributed by atoms with van der Waals surface area (Å²) in [6.07, 6.45) is 20.5. The third kappa shape index (κ3) is 16.3. The second-order valence-corrected chi connectivity index (χ2v) is 21.0. The van der Waals surface area contributed by atoms with Crippen molar-refractivity contribution in [1.29, 1.82) is 0 Å². The highest BCUT2D eigenvalue weighted by Gasteiger charge is 2.47. The van der Waals surface area contributed by atoms with Crippen LogP contribution in [0.15, 0.2) is 132 Å². The van der Waals surface area contributed by atoms with E-state index in [2.05, 4.69) is 150 Å². The van der Waals surface area contributed by atoms with Gasteiger partial charge in [0.05, 0.1) is 12.1 Å². The zero-order valence-electron chi connectivity index (χ0n) is 49.0. The number of aryl methyl sites for hydroxylation is 3. The Balaban J connectivity index is 0.000000354. The molecule has 0 amide bonds. The van der Waals surface area contributed by atoms with Gasteiger partial charge in [-0.15, -0.1) is 0 Å². The number of nitrogens with zero attached hydrogens (tertiary/aromatic N) is 1. The molecule has 6 unspecified atom stereocenters.